The molecule has 0 fully saturated rings. The van der Waals surface area contributed by atoms with Crippen LogP contribution in [0, 0.1) is 12.3 Å². The summed E-state index contributed by atoms with van der Waals surface area (Å²) in [6, 6.07) is 13.8. The fourth-order valence-corrected chi connectivity index (χ4v) is 4.02. The summed E-state index contributed by atoms with van der Waals surface area (Å²) in [5, 5.41) is 4.36. The Morgan fingerprint density at radius 3 is 2.69 bits per heavy atom. The van der Waals surface area contributed by atoms with E-state index < -0.39 is 0 Å². The third-order valence-electron chi connectivity index (χ3n) is 5.87. The van der Waals surface area contributed by atoms with Crippen molar-refractivity contribution in [2.75, 3.05) is 57.3 Å². The molecule has 0 spiro atoms. The molecule has 3 N–H and O–H groups in total. The molecule has 0 saturated heterocycles. The number of aromatic nitrogens is 3. The highest BCUT2D eigenvalue weighted by Gasteiger charge is 2.15. The van der Waals surface area contributed by atoms with Crippen molar-refractivity contribution in [2.24, 2.45) is 0 Å². The Labute approximate surface area is 206 Å². The summed E-state index contributed by atoms with van der Waals surface area (Å²) in [6.45, 7) is 2.24. The number of terminal acetylenes is 1. The summed E-state index contributed by atoms with van der Waals surface area (Å²) in [5.41, 5.74) is 11.5. The maximum Gasteiger partial charge on any atom is 0.227 e. The van der Waals surface area contributed by atoms with Crippen molar-refractivity contribution < 1.29 is 4.74 Å². The lowest BCUT2D eigenvalue weighted by Crippen LogP contribution is -2.29. The first-order valence-electron chi connectivity index (χ1n) is 11.4. The number of benzene rings is 2. The molecule has 0 bridgehead atoms. The van der Waals surface area contributed by atoms with Crippen molar-refractivity contribution in [2.45, 2.75) is 6.54 Å². The molecular weight excluding hydrogens is 438 g/mol. The largest absolute Gasteiger partial charge is 0.494 e. The van der Waals surface area contributed by atoms with Crippen molar-refractivity contribution in [1.29, 1.82) is 0 Å². The summed E-state index contributed by atoms with van der Waals surface area (Å²) in [5.74, 6) is 3.82. The van der Waals surface area contributed by atoms with Crippen LogP contribution < -0.4 is 20.7 Å². The number of fused-ring (bicyclic) bond motifs is 1. The Balaban J connectivity index is 1.65. The van der Waals surface area contributed by atoms with Crippen molar-refractivity contribution >= 4 is 33.9 Å². The second kappa shape index (κ2) is 10.4. The molecule has 4 rings (SSSR count). The van der Waals surface area contributed by atoms with Gasteiger partial charge in [-0.3, -0.25) is 0 Å². The summed E-state index contributed by atoms with van der Waals surface area (Å²) in [7, 11) is 7.75. The van der Waals surface area contributed by atoms with E-state index in [1.165, 1.54) is 0 Å². The number of anilines is 4. The van der Waals surface area contributed by atoms with Gasteiger partial charge in [0.25, 0.3) is 0 Å². The van der Waals surface area contributed by atoms with Gasteiger partial charge in [0.15, 0.2) is 0 Å². The Hall–Kier alpha value is -4.22. The van der Waals surface area contributed by atoms with Gasteiger partial charge < -0.3 is 30.2 Å². The number of nitrogens with zero attached hydrogens (tertiary/aromatic N) is 5. The summed E-state index contributed by atoms with van der Waals surface area (Å²) in [4.78, 5) is 13.4. The fraction of sp³-hybridized carbons (Fsp3) is 0.259. The van der Waals surface area contributed by atoms with Crippen LogP contribution in [-0.4, -0.2) is 60.8 Å². The minimum Gasteiger partial charge on any atom is -0.494 e. The quantitative estimate of drug-likeness (QED) is 0.282. The zero-order chi connectivity index (χ0) is 24.9. The van der Waals surface area contributed by atoms with E-state index in [-0.39, 0.29) is 0 Å². The van der Waals surface area contributed by atoms with Crippen molar-refractivity contribution in [1.82, 2.24) is 19.4 Å². The van der Waals surface area contributed by atoms with E-state index >= 15 is 0 Å². The average molecular weight is 470 g/mol. The van der Waals surface area contributed by atoms with Gasteiger partial charge in [0.2, 0.25) is 5.95 Å². The molecule has 0 amide bonds. The second-order valence-electron chi connectivity index (χ2n) is 8.62. The van der Waals surface area contributed by atoms with E-state index in [1.54, 1.807) is 13.3 Å². The Bertz CT molecular complexity index is 1370. The first kappa shape index (κ1) is 23.9. The van der Waals surface area contributed by atoms with Crippen LogP contribution >= 0.6 is 0 Å². The van der Waals surface area contributed by atoms with Gasteiger partial charge in [-0.15, -0.1) is 6.42 Å². The molecule has 2 aromatic carbocycles. The van der Waals surface area contributed by atoms with Crippen LogP contribution in [0.1, 0.15) is 0 Å². The van der Waals surface area contributed by atoms with E-state index in [9.17, 15) is 0 Å². The number of hydrogen-bond acceptors (Lipinski definition) is 7. The normalized spacial score (nSPS) is 11.0. The van der Waals surface area contributed by atoms with E-state index in [2.05, 4.69) is 42.7 Å². The third-order valence-corrected chi connectivity index (χ3v) is 5.87. The minimum absolute atomic E-state index is 0.447. The van der Waals surface area contributed by atoms with Gasteiger partial charge >= 0.3 is 0 Å². The zero-order valence-electron chi connectivity index (χ0n) is 20.6. The van der Waals surface area contributed by atoms with Crippen LogP contribution in [0.4, 0.5) is 23.0 Å². The number of nitrogens with two attached hydrogens (primary N) is 1. The van der Waals surface area contributed by atoms with Gasteiger partial charge in [0, 0.05) is 55.1 Å². The molecule has 2 aromatic heterocycles. The number of likely N-dealkylation sites (N-methyl/N-ethyl adjacent to an activating group) is 2. The average Bonchev–Trinajstić information content (AvgIpc) is 3.22. The number of rotatable bonds is 9. The van der Waals surface area contributed by atoms with Gasteiger partial charge in [-0.1, -0.05) is 24.1 Å². The van der Waals surface area contributed by atoms with Crippen LogP contribution in [0.15, 0.2) is 54.9 Å². The highest BCUT2D eigenvalue weighted by Crippen LogP contribution is 2.36. The topological polar surface area (TPSA) is 84.5 Å². The summed E-state index contributed by atoms with van der Waals surface area (Å²) in [6.07, 6.45) is 9.34. The van der Waals surface area contributed by atoms with Crippen molar-refractivity contribution in [3.05, 3.63) is 54.9 Å². The monoisotopic (exact) mass is 469 g/mol. The third kappa shape index (κ3) is 5.15. The molecule has 0 aliphatic carbocycles. The van der Waals surface area contributed by atoms with Crippen LogP contribution in [0.2, 0.25) is 0 Å². The highest BCUT2D eigenvalue weighted by molar-refractivity contribution is 5.95. The van der Waals surface area contributed by atoms with Gasteiger partial charge in [-0.25, -0.2) is 9.97 Å². The fourth-order valence-electron chi connectivity index (χ4n) is 4.02. The van der Waals surface area contributed by atoms with Gasteiger partial charge in [0.05, 0.1) is 36.4 Å². The van der Waals surface area contributed by atoms with Crippen LogP contribution in [-0.2, 0) is 6.54 Å². The Morgan fingerprint density at radius 1 is 1.14 bits per heavy atom. The summed E-state index contributed by atoms with van der Waals surface area (Å²) < 4.78 is 7.71. The standard InChI is InChI=1S/C27H31N7O/c1-6-13-34-18-20(19-9-7-8-10-24(19)34)22-11-12-29-27(30-22)31-23-16-21(28)25(17-26(23)35-5)33(4)15-14-32(2)3/h1,7-12,16-18H,13-15,28H2,2-5H3,(H,29,30,31). The number of ether oxygens (including phenoxy) is 1. The second-order valence-corrected chi connectivity index (χ2v) is 8.62. The zero-order valence-corrected chi connectivity index (χ0v) is 20.6. The maximum atomic E-state index is 6.41. The molecule has 8 heteroatoms. The Kier molecular flexibility index (Phi) is 7.09. The molecule has 4 aromatic rings. The number of nitrogen functional groups attached to an aromatic ring is 1. The lowest BCUT2D eigenvalue weighted by atomic mass is 10.1. The number of methoxy groups -OCH3 is 1. The SMILES string of the molecule is C#CCn1cc(-c2ccnc(Nc3cc(N)c(N(C)CCN(C)C)cc3OC)n2)c2ccccc21. The molecule has 35 heavy (non-hydrogen) atoms. The van der Waals surface area contributed by atoms with E-state index in [0.717, 1.165) is 40.9 Å². The lowest BCUT2D eigenvalue weighted by molar-refractivity contribution is 0.413. The maximum absolute atomic E-state index is 6.41. The molecule has 0 unspecified atom stereocenters. The van der Waals surface area contributed by atoms with Gasteiger partial charge in [-0.2, -0.15) is 0 Å². The predicted octanol–water partition coefficient (Wildman–Crippen LogP) is 4.06. The van der Waals surface area contributed by atoms with Crippen molar-refractivity contribution in [3.8, 4) is 29.4 Å². The minimum atomic E-state index is 0.447. The Morgan fingerprint density at radius 2 is 1.94 bits per heavy atom. The number of para-hydroxylation sites is 1. The van der Waals surface area contributed by atoms with E-state index in [1.807, 2.05) is 57.7 Å². The molecule has 0 saturated carbocycles. The molecule has 8 nitrogen and oxygen atoms in total. The van der Waals surface area contributed by atoms with E-state index in [4.69, 9.17) is 21.9 Å². The van der Waals surface area contributed by atoms with Crippen LogP contribution in [0.3, 0.4) is 0 Å². The lowest BCUT2D eigenvalue weighted by Gasteiger charge is -2.24. The van der Waals surface area contributed by atoms with Gasteiger partial charge in [0.1, 0.15) is 5.75 Å². The van der Waals surface area contributed by atoms with Gasteiger partial charge in [-0.05, 0) is 32.3 Å². The molecule has 2 heterocycles. The molecule has 180 valence electrons. The smallest absolute Gasteiger partial charge is 0.227 e. The molecule has 0 aliphatic rings. The first-order valence-corrected chi connectivity index (χ1v) is 11.4. The van der Waals surface area contributed by atoms with Crippen LogP contribution in [0.25, 0.3) is 22.2 Å². The first-order chi connectivity index (χ1) is 16.9. The number of hydrogen-bond donors (Lipinski definition) is 2. The van der Waals surface area contributed by atoms with Crippen molar-refractivity contribution in [3.63, 3.8) is 0 Å². The molecule has 0 radical (unpaired) electrons. The predicted molar refractivity (Wildman–Crippen MR) is 144 cm³/mol. The number of nitrogens with one attached hydrogen (secondary N) is 1. The van der Waals surface area contributed by atoms with E-state index in [0.29, 0.717) is 29.6 Å². The summed E-state index contributed by atoms with van der Waals surface area (Å²) >= 11 is 0. The molecule has 0 aliphatic heterocycles. The highest BCUT2D eigenvalue weighted by atomic mass is 16.5. The van der Waals surface area contributed by atoms with Crippen LogP contribution in [0.5, 0.6) is 5.75 Å². The molecular formula is C27H31N7O. The molecule has 0 atom stereocenters.